The molecule has 3 saturated carbocycles. The van der Waals surface area contributed by atoms with Crippen LogP contribution in [0.15, 0.2) is 22.6 Å². The van der Waals surface area contributed by atoms with Crippen molar-refractivity contribution in [2.75, 3.05) is 17.2 Å². The van der Waals surface area contributed by atoms with E-state index < -0.39 is 12.7 Å². The van der Waals surface area contributed by atoms with Gasteiger partial charge in [-0.15, -0.1) is 5.10 Å². The fraction of sp³-hybridized carbons (Fsp3) is 0.560. The van der Waals surface area contributed by atoms with Crippen LogP contribution in [0.5, 0.6) is 0 Å². The molecule has 3 aromatic rings. The Bertz CT molecular complexity index is 1290. The largest absolute Gasteiger partial charge is 0.405 e. The lowest BCUT2D eigenvalue weighted by atomic mass is 9.84. The Kier molecular flexibility index (Phi) is 4.37. The smallest absolute Gasteiger partial charge is 0.402 e. The first-order chi connectivity index (χ1) is 15.9. The number of nitrogens with zero attached hydrogens (tertiary/aromatic N) is 3. The van der Waals surface area contributed by atoms with Crippen molar-refractivity contribution in [3.8, 4) is 11.6 Å². The number of nitrogens with one attached hydrogen (secondary N) is 2. The van der Waals surface area contributed by atoms with Gasteiger partial charge in [-0.2, -0.15) is 13.2 Å². The van der Waals surface area contributed by atoms with Gasteiger partial charge in [0, 0.05) is 17.1 Å². The molecule has 2 N–H and O–H groups in total. The molecule has 0 amide bonds. The predicted molar refractivity (Wildman–Crippen MR) is 124 cm³/mol. The molecule has 3 aliphatic rings. The molecule has 1 spiro atoms. The first kappa shape index (κ1) is 21.7. The highest BCUT2D eigenvalue weighted by molar-refractivity contribution is 5.90. The Morgan fingerprint density at radius 3 is 2.59 bits per heavy atom. The number of hydrogen-bond donors (Lipinski definition) is 2. The Morgan fingerprint density at radius 2 is 1.94 bits per heavy atom. The summed E-state index contributed by atoms with van der Waals surface area (Å²) in [6.07, 6.45) is -0.473. The van der Waals surface area contributed by atoms with Crippen molar-refractivity contribution < 1.29 is 17.6 Å². The molecule has 2 aromatic heterocycles. The summed E-state index contributed by atoms with van der Waals surface area (Å²) in [5.41, 5.74) is 3.73. The van der Waals surface area contributed by atoms with Gasteiger partial charge in [-0.05, 0) is 78.2 Å². The lowest BCUT2D eigenvalue weighted by Crippen LogP contribution is -2.22. The molecule has 1 aromatic carbocycles. The molecule has 3 aliphatic carbocycles. The second-order valence-corrected chi connectivity index (χ2v) is 11.2. The third-order valence-corrected chi connectivity index (χ3v) is 7.89. The lowest BCUT2D eigenvalue weighted by molar-refractivity contribution is -0.115. The lowest BCUT2D eigenvalue weighted by Gasteiger charge is -2.23. The van der Waals surface area contributed by atoms with Gasteiger partial charge in [0.25, 0.3) is 5.89 Å². The standard InChI is InChI=1S/C25H28F3N5O/c1-12-7-18(21-32-33-22(34-21)31-17-5-6-24-10-16(24)19(17)24)30-20-14(12)8-13(29-11-25(26,27)28)9-15(20)23(2,3)4/h7-9,16-17,19,29H,5-6,10-11H2,1-4H3,(H,31,33)/t16-,17?,19?,24-/m0/s1. The van der Waals surface area contributed by atoms with E-state index in [2.05, 4.69) is 20.8 Å². The van der Waals surface area contributed by atoms with Crippen molar-refractivity contribution in [2.24, 2.45) is 17.3 Å². The predicted octanol–water partition coefficient (Wildman–Crippen LogP) is 6.08. The van der Waals surface area contributed by atoms with Crippen molar-refractivity contribution >= 4 is 22.6 Å². The molecule has 9 heteroatoms. The number of anilines is 2. The molecule has 0 aliphatic heterocycles. The number of pyridine rings is 1. The monoisotopic (exact) mass is 471 g/mol. The second-order valence-electron chi connectivity index (χ2n) is 11.2. The Morgan fingerprint density at radius 1 is 1.15 bits per heavy atom. The number of aryl methyl sites for hydroxylation is 1. The summed E-state index contributed by atoms with van der Waals surface area (Å²) in [6.45, 7) is 6.88. The number of benzene rings is 1. The number of fused-ring (bicyclic) bond motifs is 2. The quantitative estimate of drug-likeness (QED) is 0.470. The fourth-order valence-corrected chi connectivity index (χ4v) is 5.99. The average Bonchev–Trinajstić information content (AvgIpc) is 3.48. The number of aromatic nitrogens is 3. The summed E-state index contributed by atoms with van der Waals surface area (Å²) >= 11 is 0. The van der Waals surface area contributed by atoms with Crippen molar-refractivity contribution in [3.05, 3.63) is 29.3 Å². The highest BCUT2D eigenvalue weighted by Crippen LogP contribution is 2.86. The van der Waals surface area contributed by atoms with Crippen LogP contribution >= 0.6 is 0 Å². The number of rotatable bonds is 5. The van der Waals surface area contributed by atoms with E-state index in [1.54, 1.807) is 12.1 Å². The minimum absolute atomic E-state index is 0.334. The SMILES string of the molecule is Cc1cc(-c2nnc(NC3CC[C@]45C[C@H]4C35)o2)nc2c(C(C)(C)C)cc(NCC(F)(F)F)cc12. The van der Waals surface area contributed by atoms with Crippen molar-refractivity contribution in [2.45, 2.75) is 64.6 Å². The maximum atomic E-state index is 12.8. The summed E-state index contributed by atoms with van der Waals surface area (Å²) in [6, 6.07) is 6.15. The maximum Gasteiger partial charge on any atom is 0.405 e. The fourth-order valence-electron chi connectivity index (χ4n) is 5.99. The zero-order chi connectivity index (χ0) is 24.0. The van der Waals surface area contributed by atoms with Crippen LogP contribution in [0.2, 0.25) is 0 Å². The molecule has 0 bridgehead atoms. The van der Waals surface area contributed by atoms with Crippen LogP contribution in [0, 0.1) is 24.2 Å². The van der Waals surface area contributed by atoms with E-state index in [9.17, 15) is 13.2 Å². The van der Waals surface area contributed by atoms with E-state index in [0.29, 0.717) is 34.7 Å². The first-order valence-electron chi connectivity index (χ1n) is 11.8. The molecule has 0 saturated heterocycles. The Labute approximate surface area is 195 Å². The first-order valence-corrected chi connectivity index (χ1v) is 11.8. The number of halogens is 3. The molecule has 4 atom stereocenters. The normalized spacial score (nSPS) is 27.4. The van der Waals surface area contributed by atoms with Gasteiger partial charge in [0.15, 0.2) is 0 Å². The van der Waals surface area contributed by atoms with Crippen LogP contribution in [-0.4, -0.2) is 33.9 Å². The van der Waals surface area contributed by atoms with Crippen LogP contribution in [0.3, 0.4) is 0 Å². The molecule has 0 radical (unpaired) electrons. The van der Waals surface area contributed by atoms with Crippen molar-refractivity contribution in [1.82, 2.24) is 15.2 Å². The molecule has 3 fully saturated rings. The average molecular weight is 472 g/mol. The van der Waals surface area contributed by atoms with Gasteiger partial charge < -0.3 is 15.1 Å². The van der Waals surface area contributed by atoms with E-state index in [1.807, 2.05) is 33.8 Å². The van der Waals surface area contributed by atoms with Crippen LogP contribution in [0.25, 0.3) is 22.5 Å². The second kappa shape index (κ2) is 6.86. The van der Waals surface area contributed by atoms with Crippen LogP contribution in [-0.2, 0) is 5.41 Å². The van der Waals surface area contributed by atoms with E-state index in [1.165, 1.54) is 12.8 Å². The van der Waals surface area contributed by atoms with Gasteiger partial charge >= 0.3 is 12.2 Å². The molecule has 6 nitrogen and oxygen atoms in total. The molecule has 2 unspecified atom stereocenters. The van der Waals surface area contributed by atoms with E-state index >= 15 is 0 Å². The minimum atomic E-state index is -4.29. The molecule has 6 rings (SSSR count). The Balaban J connectivity index is 1.32. The molecular formula is C25H28F3N5O. The van der Waals surface area contributed by atoms with Gasteiger partial charge in [-0.1, -0.05) is 25.9 Å². The van der Waals surface area contributed by atoms with Gasteiger partial charge in [0.05, 0.1) is 5.52 Å². The summed E-state index contributed by atoms with van der Waals surface area (Å²) in [4.78, 5) is 4.84. The summed E-state index contributed by atoms with van der Waals surface area (Å²) in [7, 11) is 0. The summed E-state index contributed by atoms with van der Waals surface area (Å²) in [5, 5.41) is 15.2. The Hall–Kier alpha value is -2.84. The van der Waals surface area contributed by atoms with E-state index in [4.69, 9.17) is 9.40 Å². The summed E-state index contributed by atoms with van der Waals surface area (Å²) < 4.78 is 44.3. The van der Waals surface area contributed by atoms with Crippen molar-refractivity contribution in [1.29, 1.82) is 0 Å². The van der Waals surface area contributed by atoms with E-state index in [-0.39, 0.29) is 5.41 Å². The van der Waals surface area contributed by atoms with E-state index in [0.717, 1.165) is 40.3 Å². The molecule has 2 heterocycles. The van der Waals surface area contributed by atoms with Crippen LogP contribution < -0.4 is 10.6 Å². The topological polar surface area (TPSA) is 75.9 Å². The molecular weight excluding hydrogens is 443 g/mol. The van der Waals surface area contributed by atoms with Crippen LogP contribution in [0.1, 0.15) is 51.2 Å². The van der Waals surface area contributed by atoms with Gasteiger partial charge in [0.1, 0.15) is 12.2 Å². The van der Waals surface area contributed by atoms with Crippen molar-refractivity contribution in [3.63, 3.8) is 0 Å². The highest BCUT2D eigenvalue weighted by atomic mass is 19.4. The number of alkyl halides is 3. The summed E-state index contributed by atoms with van der Waals surface area (Å²) in [5.74, 6) is 2.00. The minimum Gasteiger partial charge on any atom is -0.402 e. The molecule has 180 valence electrons. The van der Waals surface area contributed by atoms with Gasteiger partial charge in [0.2, 0.25) is 0 Å². The van der Waals surface area contributed by atoms with Gasteiger partial charge in [-0.3, -0.25) is 0 Å². The third kappa shape index (κ3) is 3.51. The zero-order valence-electron chi connectivity index (χ0n) is 19.7. The zero-order valence-corrected chi connectivity index (χ0v) is 19.7. The van der Waals surface area contributed by atoms with Crippen LogP contribution in [0.4, 0.5) is 24.9 Å². The number of hydrogen-bond acceptors (Lipinski definition) is 6. The highest BCUT2D eigenvalue weighted by Gasteiger charge is 2.82. The third-order valence-electron chi connectivity index (χ3n) is 7.89. The van der Waals surface area contributed by atoms with Gasteiger partial charge in [-0.25, -0.2) is 4.98 Å². The maximum absolute atomic E-state index is 12.8. The molecule has 34 heavy (non-hydrogen) atoms.